The Hall–Kier alpha value is -1.08. The molecular formula is C12H11Br2FN2O2. The SMILES string of the molecule is CCOC(=O)C1=CCN(c2c(Br)cc(F)cc2Br)N1. The molecule has 1 aliphatic rings. The van der Waals surface area contributed by atoms with Crippen molar-refractivity contribution in [1.29, 1.82) is 0 Å². The van der Waals surface area contributed by atoms with Gasteiger partial charge >= 0.3 is 5.97 Å². The third kappa shape index (κ3) is 3.09. The first-order valence-corrected chi connectivity index (χ1v) is 7.17. The quantitative estimate of drug-likeness (QED) is 0.801. The second-order valence-electron chi connectivity index (χ2n) is 3.78. The number of nitrogens with zero attached hydrogens (tertiary/aromatic N) is 1. The van der Waals surface area contributed by atoms with E-state index in [1.54, 1.807) is 18.0 Å². The fraction of sp³-hybridized carbons (Fsp3) is 0.250. The lowest BCUT2D eigenvalue weighted by molar-refractivity contribution is -0.138. The molecule has 1 aromatic carbocycles. The van der Waals surface area contributed by atoms with Crippen molar-refractivity contribution in [3.05, 3.63) is 38.7 Å². The van der Waals surface area contributed by atoms with Crippen molar-refractivity contribution in [1.82, 2.24) is 5.43 Å². The van der Waals surface area contributed by atoms with Crippen LogP contribution in [0.4, 0.5) is 10.1 Å². The number of carbonyl (C=O) groups is 1. The van der Waals surface area contributed by atoms with E-state index >= 15 is 0 Å². The summed E-state index contributed by atoms with van der Waals surface area (Å²) >= 11 is 6.61. The molecule has 2 rings (SSSR count). The van der Waals surface area contributed by atoms with Crippen LogP contribution in [0.5, 0.6) is 0 Å². The maximum Gasteiger partial charge on any atom is 0.355 e. The Morgan fingerprint density at radius 1 is 1.47 bits per heavy atom. The Morgan fingerprint density at radius 2 is 2.11 bits per heavy atom. The molecule has 0 fully saturated rings. The standard InChI is InChI=1S/C12H11Br2FN2O2/c1-2-19-12(18)10-3-4-17(16-10)11-8(13)5-7(15)6-9(11)14/h3,5-6,16H,2,4H2,1H3. The van der Waals surface area contributed by atoms with Crippen molar-refractivity contribution in [3.8, 4) is 0 Å². The third-order valence-corrected chi connectivity index (χ3v) is 3.69. The Balaban J connectivity index is 2.17. The predicted octanol–water partition coefficient (Wildman–Crippen LogP) is 3.12. The van der Waals surface area contributed by atoms with Gasteiger partial charge in [0.1, 0.15) is 11.5 Å². The van der Waals surface area contributed by atoms with Crippen LogP contribution in [0.2, 0.25) is 0 Å². The zero-order valence-electron chi connectivity index (χ0n) is 10.0. The molecule has 4 nitrogen and oxygen atoms in total. The lowest BCUT2D eigenvalue weighted by Crippen LogP contribution is -2.35. The molecule has 0 saturated carbocycles. The Bertz CT molecular complexity index is 526. The third-order valence-electron chi connectivity index (χ3n) is 2.48. The monoisotopic (exact) mass is 392 g/mol. The van der Waals surface area contributed by atoms with Crippen molar-refractivity contribution in [2.75, 3.05) is 18.2 Å². The summed E-state index contributed by atoms with van der Waals surface area (Å²) in [6.45, 7) is 2.55. The first kappa shape index (κ1) is 14.3. The molecule has 0 radical (unpaired) electrons. The van der Waals surface area contributed by atoms with E-state index in [2.05, 4.69) is 37.3 Å². The molecule has 0 aromatic heterocycles. The molecule has 1 aliphatic heterocycles. The minimum absolute atomic E-state index is 0.321. The Morgan fingerprint density at radius 3 is 2.68 bits per heavy atom. The second-order valence-corrected chi connectivity index (χ2v) is 5.49. The number of carbonyl (C=O) groups excluding carboxylic acids is 1. The van der Waals surface area contributed by atoms with Gasteiger partial charge in [0.2, 0.25) is 0 Å². The van der Waals surface area contributed by atoms with Gasteiger partial charge < -0.3 is 4.74 Å². The Kier molecular flexibility index (Phi) is 4.46. The number of benzene rings is 1. The van der Waals surface area contributed by atoms with E-state index < -0.39 is 5.97 Å². The van der Waals surface area contributed by atoms with E-state index in [0.29, 0.717) is 27.8 Å². The van der Waals surface area contributed by atoms with Gasteiger partial charge in [-0.15, -0.1) is 0 Å². The summed E-state index contributed by atoms with van der Waals surface area (Å²) in [5.74, 6) is -0.750. The summed E-state index contributed by atoms with van der Waals surface area (Å²) in [6, 6.07) is 2.73. The number of halogens is 3. The van der Waals surface area contributed by atoms with Gasteiger partial charge in [-0.2, -0.15) is 0 Å². The molecule has 7 heteroatoms. The van der Waals surface area contributed by atoms with Gasteiger partial charge in [0.15, 0.2) is 0 Å². The fourth-order valence-corrected chi connectivity index (χ4v) is 3.26. The van der Waals surface area contributed by atoms with E-state index in [4.69, 9.17) is 4.74 Å². The van der Waals surface area contributed by atoms with Crippen molar-refractivity contribution in [2.45, 2.75) is 6.92 Å². The molecule has 0 spiro atoms. The number of hydrazine groups is 1. The van der Waals surface area contributed by atoms with Gasteiger partial charge in [-0.25, -0.2) is 9.18 Å². The van der Waals surface area contributed by atoms with Crippen LogP contribution in [0, 0.1) is 5.82 Å². The molecular weight excluding hydrogens is 383 g/mol. The summed E-state index contributed by atoms with van der Waals surface area (Å²) in [5, 5.41) is 1.72. The van der Waals surface area contributed by atoms with Gasteiger partial charge in [-0.1, -0.05) is 0 Å². The highest BCUT2D eigenvalue weighted by Gasteiger charge is 2.23. The average molecular weight is 394 g/mol. The van der Waals surface area contributed by atoms with Crippen LogP contribution in [-0.2, 0) is 9.53 Å². The topological polar surface area (TPSA) is 41.6 Å². The normalized spacial score (nSPS) is 14.1. The fourth-order valence-electron chi connectivity index (χ4n) is 1.70. The van der Waals surface area contributed by atoms with Crippen LogP contribution in [0.1, 0.15) is 6.92 Å². The smallest absolute Gasteiger partial charge is 0.355 e. The van der Waals surface area contributed by atoms with Crippen LogP contribution < -0.4 is 10.4 Å². The average Bonchev–Trinajstić information content (AvgIpc) is 2.77. The van der Waals surface area contributed by atoms with E-state index in [9.17, 15) is 9.18 Å². The van der Waals surface area contributed by atoms with Crippen molar-refractivity contribution in [3.63, 3.8) is 0 Å². The van der Waals surface area contributed by atoms with E-state index in [0.717, 1.165) is 5.69 Å². The van der Waals surface area contributed by atoms with Crippen molar-refractivity contribution >= 4 is 43.5 Å². The Labute approximate surface area is 126 Å². The van der Waals surface area contributed by atoms with Crippen LogP contribution in [0.3, 0.4) is 0 Å². The summed E-state index contributed by atoms with van der Waals surface area (Å²) < 4.78 is 19.3. The second kappa shape index (κ2) is 5.92. The number of nitrogens with one attached hydrogen (secondary N) is 1. The molecule has 1 N–H and O–H groups in total. The van der Waals surface area contributed by atoms with E-state index in [1.807, 2.05) is 0 Å². The zero-order valence-corrected chi connectivity index (χ0v) is 13.2. The predicted molar refractivity (Wildman–Crippen MR) is 77.0 cm³/mol. The van der Waals surface area contributed by atoms with Gasteiger partial charge in [0.25, 0.3) is 0 Å². The maximum absolute atomic E-state index is 13.2. The lowest BCUT2D eigenvalue weighted by Gasteiger charge is -2.22. The lowest BCUT2D eigenvalue weighted by atomic mass is 10.3. The highest BCUT2D eigenvalue weighted by Crippen LogP contribution is 2.35. The molecule has 1 heterocycles. The molecule has 0 aliphatic carbocycles. The summed E-state index contributed by atoms with van der Waals surface area (Å²) in [7, 11) is 0. The number of ether oxygens (including phenoxy) is 1. The first-order chi connectivity index (χ1) is 9.02. The molecule has 0 unspecified atom stereocenters. The summed E-state index contributed by atoms with van der Waals surface area (Å²) in [5.41, 5.74) is 4.03. The number of rotatable bonds is 3. The largest absolute Gasteiger partial charge is 0.461 e. The zero-order chi connectivity index (χ0) is 14.0. The molecule has 102 valence electrons. The van der Waals surface area contributed by atoms with Gasteiger partial charge in [0.05, 0.1) is 18.8 Å². The molecule has 0 bridgehead atoms. The molecule has 1 aromatic rings. The number of hydrogen-bond acceptors (Lipinski definition) is 4. The van der Waals surface area contributed by atoms with Crippen LogP contribution in [0.25, 0.3) is 0 Å². The number of esters is 1. The first-order valence-electron chi connectivity index (χ1n) is 5.59. The molecule has 0 saturated heterocycles. The minimum Gasteiger partial charge on any atom is -0.461 e. The molecule has 0 atom stereocenters. The van der Waals surface area contributed by atoms with Crippen molar-refractivity contribution < 1.29 is 13.9 Å². The molecule has 19 heavy (non-hydrogen) atoms. The van der Waals surface area contributed by atoms with Crippen LogP contribution in [-0.4, -0.2) is 19.1 Å². The van der Waals surface area contributed by atoms with Gasteiger partial charge in [0, 0.05) is 8.95 Å². The number of anilines is 1. The molecule has 0 amide bonds. The summed E-state index contributed by atoms with van der Waals surface area (Å²) in [4.78, 5) is 11.6. The van der Waals surface area contributed by atoms with Crippen molar-refractivity contribution in [2.24, 2.45) is 0 Å². The highest BCUT2D eigenvalue weighted by atomic mass is 79.9. The van der Waals surface area contributed by atoms with E-state index in [-0.39, 0.29) is 5.82 Å². The maximum atomic E-state index is 13.2. The van der Waals surface area contributed by atoms with E-state index in [1.165, 1.54) is 12.1 Å². The van der Waals surface area contributed by atoms with Crippen LogP contribution >= 0.6 is 31.9 Å². The van der Waals surface area contributed by atoms with Gasteiger partial charge in [-0.3, -0.25) is 10.4 Å². The van der Waals surface area contributed by atoms with Gasteiger partial charge in [-0.05, 0) is 57.0 Å². The minimum atomic E-state index is -0.403. The number of hydrogen-bond donors (Lipinski definition) is 1. The highest BCUT2D eigenvalue weighted by molar-refractivity contribution is 9.11. The summed E-state index contributed by atoms with van der Waals surface area (Å²) in [6.07, 6.45) is 1.72. The van der Waals surface area contributed by atoms with Crippen LogP contribution in [0.15, 0.2) is 32.9 Å².